The monoisotopic (exact) mass is 273 g/mol. The number of rotatable bonds is 10. The van der Waals surface area contributed by atoms with E-state index < -0.39 is 0 Å². The van der Waals surface area contributed by atoms with Gasteiger partial charge in [-0.25, -0.2) is 0 Å². The molecule has 6 nitrogen and oxygen atoms in total. The molecule has 19 heavy (non-hydrogen) atoms. The molecular weight excluding hydrogens is 246 g/mol. The van der Waals surface area contributed by atoms with Crippen LogP contribution in [0, 0.1) is 0 Å². The lowest BCUT2D eigenvalue weighted by atomic mass is 10.2. The molecule has 2 atom stereocenters. The van der Waals surface area contributed by atoms with E-state index in [2.05, 4.69) is 16.0 Å². The number of hydrogen-bond donors (Lipinski definition) is 3. The molecule has 6 heteroatoms. The number of methoxy groups -OCH3 is 1. The molecular formula is C13H27N3O3. The zero-order valence-electron chi connectivity index (χ0n) is 12.4. The van der Waals surface area contributed by atoms with Crippen molar-refractivity contribution in [2.24, 2.45) is 0 Å². The highest BCUT2D eigenvalue weighted by Crippen LogP contribution is 1.89. The molecule has 0 aliphatic rings. The van der Waals surface area contributed by atoms with Gasteiger partial charge in [0.05, 0.1) is 13.2 Å². The van der Waals surface area contributed by atoms with Gasteiger partial charge in [0.25, 0.3) is 0 Å². The maximum Gasteiger partial charge on any atom is 0.234 e. The van der Waals surface area contributed by atoms with E-state index in [0.717, 1.165) is 6.42 Å². The average Bonchev–Trinajstić information content (AvgIpc) is 2.34. The van der Waals surface area contributed by atoms with Gasteiger partial charge < -0.3 is 20.7 Å². The summed E-state index contributed by atoms with van der Waals surface area (Å²) in [5.41, 5.74) is 0. The van der Waals surface area contributed by atoms with Gasteiger partial charge in [0.1, 0.15) is 0 Å². The van der Waals surface area contributed by atoms with E-state index >= 15 is 0 Å². The smallest absolute Gasteiger partial charge is 0.234 e. The number of amides is 2. The molecule has 0 rings (SSSR count). The highest BCUT2D eigenvalue weighted by molar-refractivity contribution is 5.78. The van der Waals surface area contributed by atoms with Crippen molar-refractivity contribution in [3.05, 3.63) is 0 Å². The molecule has 0 aliphatic heterocycles. The lowest BCUT2D eigenvalue weighted by Gasteiger charge is -2.13. The third-order valence-corrected chi connectivity index (χ3v) is 2.66. The van der Waals surface area contributed by atoms with Gasteiger partial charge in [0.15, 0.2) is 0 Å². The first kappa shape index (κ1) is 17.9. The van der Waals surface area contributed by atoms with Crippen LogP contribution in [0.25, 0.3) is 0 Å². The summed E-state index contributed by atoms with van der Waals surface area (Å²) in [6, 6.07) is 0.193. The number of ether oxygens (including phenoxy) is 1. The second-order valence-electron chi connectivity index (χ2n) is 4.73. The van der Waals surface area contributed by atoms with Gasteiger partial charge in [0.2, 0.25) is 11.8 Å². The fourth-order valence-electron chi connectivity index (χ4n) is 1.47. The van der Waals surface area contributed by atoms with Crippen molar-refractivity contribution < 1.29 is 14.3 Å². The summed E-state index contributed by atoms with van der Waals surface area (Å²) < 4.78 is 4.92. The second-order valence-corrected chi connectivity index (χ2v) is 4.73. The van der Waals surface area contributed by atoms with Crippen molar-refractivity contribution in [3.8, 4) is 0 Å². The maximum absolute atomic E-state index is 11.5. The van der Waals surface area contributed by atoms with Crippen molar-refractivity contribution in [3.63, 3.8) is 0 Å². The second kappa shape index (κ2) is 10.8. The van der Waals surface area contributed by atoms with E-state index in [0.29, 0.717) is 19.6 Å². The SMILES string of the molecule is CCC(C)NC(=O)CCNCC(=O)NC(C)COC. The summed E-state index contributed by atoms with van der Waals surface area (Å²) in [6.45, 7) is 7.06. The Hall–Kier alpha value is -1.14. The van der Waals surface area contributed by atoms with Crippen LogP contribution >= 0.6 is 0 Å². The maximum atomic E-state index is 11.5. The summed E-state index contributed by atoms with van der Waals surface area (Å²) in [6.07, 6.45) is 1.30. The van der Waals surface area contributed by atoms with Crippen LogP contribution < -0.4 is 16.0 Å². The first-order valence-corrected chi connectivity index (χ1v) is 6.78. The first-order chi connectivity index (χ1) is 8.99. The van der Waals surface area contributed by atoms with Crippen LogP contribution in [0.3, 0.4) is 0 Å². The average molecular weight is 273 g/mol. The Labute approximate surface area is 115 Å². The Morgan fingerprint density at radius 2 is 1.74 bits per heavy atom. The zero-order chi connectivity index (χ0) is 14.7. The van der Waals surface area contributed by atoms with Gasteiger partial charge in [-0.2, -0.15) is 0 Å². The quantitative estimate of drug-likeness (QED) is 0.491. The van der Waals surface area contributed by atoms with Crippen LogP contribution in [0.1, 0.15) is 33.6 Å². The molecule has 0 bridgehead atoms. The Bertz CT molecular complexity index is 272. The standard InChI is InChI=1S/C13H27N3O3/c1-5-10(2)15-12(17)6-7-14-8-13(18)16-11(3)9-19-4/h10-11,14H,5-9H2,1-4H3,(H,15,17)(H,16,18). The Morgan fingerprint density at radius 1 is 1.11 bits per heavy atom. The number of carbonyl (C=O) groups excluding carboxylic acids is 2. The van der Waals surface area contributed by atoms with Gasteiger partial charge in [-0.3, -0.25) is 9.59 Å². The molecule has 3 N–H and O–H groups in total. The van der Waals surface area contributed by atoms with Crippen LogP contribution in [0.4, 0.5) is 0 Å². The molecule has 0 aliphatic carbocycles. The van der Waals surface area contributed by atoms with Crippen LogP contribution in [0.15, 0.2) is 0 Å². The van der Waals surface area contributed by atoms with Crippen LogP contribution in [0.5, 0.6) is 0 Å². The fourth-order valence-corrected chi connectivity index (χ4v) is 1.47. The number of carbonyl (C=O) groups is 2. The van der Waals surface area contributed by atoms with E-state index in [9.17, 15) is 9.59 Å². The Kier molecular flexibility index (Phi) is 10.1. The van der Waals surface area contributed by atoms with Crippen molar-refractivity contribution in [1.82, 2.24) is 16.0 Å². The minimum absolute atomic E-state index is 0.00648. The largest absolute Gasteiger partial charge is 0.383 e. The van der Waals surface area contributed by atoms with Crippen LogP contribution in [0.2, 0.25) is 0 Å². The molecule has 0 fully saturated rings. The normalized spacial score (nSPS) is 13.7. The topological polar surface area (TPSA) is 79.5 Å². The summed E-state index contributed by atoms with van der Waals surface area (Å²) >= 11 is 0. The highest BCUT2D eigenvalue weighted by atomic mass is 16.5. The molecule has 0 spiro atoms. The molecule has 0 heterocycles. The summed E-state index contributed by atoms with van der Waals surface area (Å²) in [4.78, 5) is 22.9. The molecule has 112 valence electrons. The van der Waals surface area contributed by atoms with Crippen LogP contribution in [-0.4, -0.2) is 50.7 Å². The van der Waals surface area contributed by atoms with Crippen molar-refractivity contribution >= 4 is 11.8 Å². The fraction of sp³-hybridized carbons (Fsp3) is 0.846. The van der Waals surface area contributed by atoms with Gasteiger partial charge in [-0.1, -0.05) is 6.92 Å². The molecule has 0 aromatic carbocycles. The number of nitrogens with one attached hydrogen (secondary N) is 3. The van der Waals surface area contributed by atoms with E-state index in [1.165, 1.54) is 0 Å². The molecule has 0 radical (unpaired) electrons. The van der Waals surface area contributed by atoms with Gasteiger partial charge in [0, 0.05) is 32.2 Å². The van der Waals surface area contributed by atoms with Crippen molar-refractivity contribution in [1.29, 1.82) is 0 Å². The molecule has 2 unspecified atom stereocenters. The summed E-state index contributed by atoms with van der Waals surface area (Å²) in [7, 11) is 1.59. The number of hydrogen-bond acceptors (Lipinski definition) is 4. The molecule has 0 saturated carbocycles. The first-order valence-electron chi connectivity index (χ1n) is 6.78. The summed E-state index contributed by atoms with van der Waals surface area (Å²) in [5.74, 6) is -0.0816. The minimum atomic E-state index is -0.0908. The minimum Gasteiger partial charge on any atom is -0.383 e. The molecule has 2 amide bonds. The zero-order valence-corrected chi connectivity index (χ0v) is 12.4. The molecule has 0 saturated heterocycles. The van der Waals surface area contributed by atoms with Gasteiger partial charge >= 0.3 is 0 Å². The van der Waals surface area contributed by atoms with E-state index in [1.54, 1.807) is 7.11 Å². The van der Waals surface area contributed by atoms with E-state index in [4.69, 9.17) is 4.74 Å². The lowest BCUT2D eigenvalue weighted by molar-refractivity contribution is -0.123. The Balaban J connectivity index is 3.58. The van der Waals surface area contributed by atoms with Crippen molar-refractivity contribution in [2.75, 3.05) is 26.8 Å². The molecule has 0 aromatic rings. The third kappa shape index (κ3) is 10.5. The highest BCUT2D eigenvalue weighted by Gasteiger charge is 2.07. The van der Waals surface area contributed by atoms with Crippen LogP contribution in [-0.2, 0) is 14.3 Å². The molecule has 0 aromatic heterocycles. The van der Waals surface area contributed by atoms with E-state index in [1.807, 2.05) is 20.8 Å². The van der Waals surface area contributed by atoms with Crippen molar-refractivity contribution in [2.45, 2.75) is 45.7 Å². The lowest BCUT2D eigenvalue weighted by Crippen LogP contribution is -2.42. The van der Waals surface area contributed by atoms with E-state index in [-0.39, 0.29) is 30.4 Å². The third-order valence-electron chi connectivity index (χ3n) is 2.66. The summed E-state index contributed by atoms with van der Waals surface area (Å²) in [5, 5.41) is 8.60. The predicted octanol–water partition coefficient (Wildman–Crippen LogP) is 0.0319. The predicted molar refractivity (Wildman–Crippen MR) is 74.9 cm³/mol. The van der Waals surface area contributed by atoms with Gasteiger partial charge in [-0.05, 0) is 20.3 Å². The Morgan fingerprint density at radius 3 is 2.32 bits per heavy atom. The van der Waals surface area contributed by atoms with Gasteiger partial charge in [-0.15, -0.1) is 0 Å².